The van der Waals surface area contributed by atoms with E-state index < -0.39 is 11.9 Å². The van der Waals surface area contributed by atoms with Gasteiger partial charge in [0.2, 0.25) is 0 Å². The summed E-state index contributed by atoms with van der Waals surface area (Å²) in [6, 6.07) is 14.9. The molecule has 0 bridgehead atoms. The first kappa shape index (κ1) is 29.7. The molecule has 0 saturated carbocycles. The predicted molar refractivity (Wildman–Crippen MR) is 157 cm³/mol. The van der Waals surface area contributed by atoms with E-state index in [4.69, 9.17) is 4.74 Å². The molecule has 1 saturated heterocycles. The van der Waals surface area contributed by atoms with Crippen LogP contribution in [-0.4, -0.2) is 66.4 Å². The maximum absolute atomic E-state index is 12.6. The second-order valence-electron chi connectivity index (χ2n) is 10.4. The highest BCUT2D eigenvalue weighted by Crippen LogP contribution is 2.36. The van der Waals surface area contributed by atoms with Crippen molar-refractivity contribution in [2.45, 2.75) is 45.4 Å². The van der Waals surface area contributed by atoms with E-state index in [1.165, 1.54) is 5.56 Å². The summed E-state index contributed by atoms with van der Waals surface area (Å²) < 4.78 is 5.36. The molecular formula is C31H38N4O6. The van der Waals surface area contributed by atoms with Crippen molar-refractivity contribution in [1.82, 2.24) is 10.2 Å². The number of methoxy groups -OCH3 is 1. The van der Waals surface area contributed by atoms with Crippen LogP contribution < -0.4 is 20.3 Å². The smallest absolute Gasteiger partial charge is 0.333 e. The Morgan fingerprint density at radius 1 is 0.951 bits per heavy atom. The Bertz CT molecular complexity index is 1320. The van der Waals surface area contributed by atoms with Gasteiger partial charge in [-0.15, -0.1) is 0 Å². The number of aliphatic carboxylic acids is 2. The Morgan fingerprint density at radius 2 is 1.61 bits per heavy atom. The molecule has 10 heteroatoms. The summed E-state index contributed by atoms with van der Waals surface area (Å²) in [5, 5.41) is 25.0. The van der Waals surface area contributed by atoms with Crippen LogP contribution in [0.15, 0.2) is 71.1 Å². The Balaban J connectivity index is 1.27. The van der Waals surface area contributed by atoms with E-state index in [9.17, 15) is 24.6 Å². The second kappa shape index (κ2) is 13.4. The minimum absolute atomic E-state index is 0.0219. The lowest BCUT2D eigenvalue weighted by molar-refractivity contribution is -0.133. The number of rotatable bonds is 10. The molecule has 10 nitrogen and oxygen atoms in total. The molecule has 4 N–H and O–H groups in total. The maximum atomic E-state index is 12.6. The summed E-state index contributed by atoms with van der Waals surface area (Å²) in [4.78, 5) is 40.2. The van der Waals surface area contributed by atoms with Crippen molar-refractivity contribution < 1.29 is 29.3 Å². The van der Waals surface area contributed by atoms with Gasteiger partial charge in [-0.2, -0.15) is 0 Å². The molecule has 2 heterocycles. The van der Waals surface area contributed by atoms with E-state index in [-0.39, 0.29) is 23.6 Å². The van der Waals surface area contributed by atoms with Crippen LogP contribution in [-0.2, 0) is 9.59 Å². The van der Waals surface area contributed by atoms with Crippen molar-refractivity contribution in [2.75, 3.05) is 43.5 Å². The van der Waals surface area contributed by atoms with E-state index >= 15 is 0 Å². The zero-order chi connectivity index (χ0) is 29.5. The predicted octanol–water partition coefficient (Wildman–Crippen LogP) is 5.01. The molecule has 0 radical (unpaired) electrons. The fourth-order valence-electron chi connectivity index (χ4n) is 5.59. The molecule has 0 atom stereocenters. The normalized spacial score (nSPS) is 16.5. The summed E-state index contributed by atoms with van der Waals surface area (Å²) in [6.45, 7) is 6.78. The highest BCUT2D eigenvalue weighted by Gasteiger charge is 2.30. The van der Waals surface area contributed by atoms with E-state index in [2.05, 4.69) is 27.7 Å². The number of hydrogen-bond donors (Lipinski definition) is 4. The molecule has 2 aliphatic heterocycles. The topological polar surface area (TPSA) is 131 Å². The Hall–Kier alpha value is -4.31. The van der Waals surface area contributed by atoms with Crippen molar-refractivity contribution in [3.05, 3.63) is 76.6 Å². The van der Waals surface area contributed by atoms with E-state index in [0.29, 0.717) is 35.2 Å². The molecule has 2 aliphatic rings. The van der Waals surface area contributed by atoms with Gasteiger partial charge in [-0.3, -0.25) is 0 Å². The fourth-order valence-corrected chi connectivity index (χ4v) is 5.59. The molecule has 0 aliphatic carbocycles. The van der Waals surface area contributed by atoms with Gasteiger partial charge in [-0.1, -0.05) is 18.2 Å². The van der Waals surface area contributed by atoms with E-state index in [1.807, 2.05) is 12.1 Å². The van der Waals surface area contributed by atoms with Gasteiger partial charge in [0, 0.05) is 35.7 Å². The second-order valence-corrected chi connectivity index (χ2v) is 10.4. The quantitative estimate of drug-likeness (QED) is 0.297. The van der Waals surface area contributed by atoms with Crippen molar-refractivity contribution in [2.24, 2.45) is 0 Å². The monoisotopic (exact) mass is 562 g/mol. The number of carbonyl (C=O) groups is 3. The average Bonchev–Trinajstić information content (AvgIpc) is 2.95. The largest absolute Gasteiger partial charge is 0.497 e. The number of anilines is 2. The van der Waals surface area contributed by atoms with Crippen molar-refractivity contribution >= 4 is 29.3 Å². The molecule has 1 fully saturated rings. The van der Waals surface area contributed by atoms with Crippen LogP contribution in [0.2, 0.25) is 0 Å². The number of likely N-dealkylation sites (tertiary alicyclic amines) is 1. The number of allylic oxidation sites excluding steroid dienone is 2. The number of urea groups is 1. The third-order valence-electron chi connectivity index (χ3n) is 7.87. The van der Waals surface area contributed by atoms with Crippen LogP contribution >= 0.6 is 0 Å². The SMILES string of the molecule is COc1cccc(C2CCN(CCCNC(=O)Nc3cccc(N4C(C)=C(C(=O)O)CC(C(=O)O)=C4C)c3)CC2)c1. The molecule has 0 spiro atoms. The minimum atomic E-state index is -1.16. The zero-order valence-electron chi connectivity index (χ0n) is 23.8. The van der Waals surface area contributed by atoms with Gasteiger partial charge in [0.25, 0.3) is 0 Å². The molecule has 218 valence electrons. The van der Waals surface area contributed by atoms with Gasteiger partial charge < -0.3 is 35.4 Å². The molecule has 2 amide bonds. The number of hydrogen-bond acceptors (Lipinski definition) is 6. The maximum Gasteiger partial charge on any atom is 0.333 e. The first-order chi connectivity index (χ1) is 19.7. The number of carboxylic acid groups (broad SMARTS) is 2. The number of amides is 2. The Labute approximate surface area is 240 Å². The number of piperidine rings is 1. The number of nitrogens with one attached hydrogen (secondary N) is 2. The number of benzene rings is 2. The number of nitrogens with zero attached hydrogens (tertiary/aromatic N) is 2. The first-order valence-electron chi connectivity index (χ1n) is 13.9. The van der Waals surface area contributed by atoms with Gasteiger partial charge in [-0.05, 0) is 94.6 Å². The lowest BCUT2D eigenvalue weighted by Gasteiger charge is -2.33. The van der Waals surface area contributed by atoms with Gasteiger partial charge in [0.15, 0.2) is 0 Å². The Kier molecular flexibility index (Phi) is 9.67. The Morgan fingerprint density at radius 3 is 2.24 bits per heavy atom. The van der Waals surface area contributed by atoms with Crippen molar-refractivity contribution in [1.29, 1.82) is 0 Å². The molecule has 41 heavy (non-hydrogen) atoms. The van der Waals surface area contributed by atoms with Gasteiger partial charge in [0.05, 0.1) is 18.3 Å². The number of ether oxygens (including phenoxy) is 1. The molecule has 4 rings (SSSR count). The van der Waals surface area contributed by atoms with E-state index in [0.717, 1.165) is 44.6 Å². The molecule has 0 aromatic heterocycles. The molecule has 0 unspecified atom stereocenters. The molecule has 2 aromatic rings. The highest BCUT2D eigenvalue weighted by atomic mass is 16.5. The van der Waals surface area contributed by atoms with Crippen molar-refractivity contribution in [3.8, 4) is 5.75 Å². The standard InChI is InChI=1S/C31H38N4O6/c1-20-27(29(36)37)19-28(30(38)39)21(2)35(20)25-9-5-8-24(18-25)33-31(40)32-13-6-14-34-15-11-22(12-16-34)23-7-4-10-26(17-23)41-3/h4-5,7-10,17-18,22H,6,11-16,19H2,1-3H3,(H,36,37)(H,38,39)(H2,32,33,40). The average molecular weight is 563 g/mol. The fraction of sp³-hybridized carbons (Fsp3) is 0.387. The summed E-state index contributed by atoms with van der Waals surface area (Å²) in [5.41, 5.74) is 3.33. The number of carboxylic acids is 2. The summed E-state index contributed by atoms with van der Waals surface area (Å²) in [7, 11) is 1.69. The zero-order valence-corrected chi connectivity index (χ0v) is 23.8. The van der Waals surface area contributed by atoms with Crippen LogP contribution in [0.1, 0.15) is 51.0 Å². The lowest BCUT2D eigenvalue weighted by atomic mass is 9.89. The lowest BCUT2D eigenvalue weighted by Crippen LogP contribution is -2.36. The van der Waals surface area contributed by atoms with Crippen LogP contribution in [0.4, 0.5) is 16.2 Å². The summed E-state index contributed by atoms with van der Waals surface area (Å²) in [6.07, 6.45) is 2.87. The van der Waals surface area contributed by atoms with Crippen LogP contribution in [0, 0.1) is 0 Å². The molecule has 2 aromatic carbocycles. The third-order valence-corrected chi connectivity index (χ3v) is 7.87. The van der Waals surface area contributed by atoms with E-state index in [1.54, 1.807) is 50.1 Å². The third kappa shape index (κ3) is 7.26. The van der Waals surface area contributed by atoms with Crippen LogP contribution in [0.3, 0.4) is 0 Å². The van der Waals surface area contributed by atoms with Crippen LogP contribution in [0.25, 0.3) is 0 Å². The van der Waals surface area contributed by atoms with Crippen LogP contribution in [0.5, 0.6) is 5.75 Å². The van der Waals surface area contributed by atoms with Crippen molar-refractivity contribution in [3.63, 3.8) is 0 Å². The number of carbonyl (C=O) groups excluding carboxylic acids is 1. The van der Waals surface area contributed by atoms with Gasteiger partial charge in [0.1, 0.15) is 5.75 Å². The summed E-state index contributed by atoms with van der Waals surface area (Å²) >= 11 is 0. The highest BCUT2D eigenvalue weighted by molar-refractivity contribution is 5.97. The van der Waals surface area contributed by atoms with Gasteiger partial charge >= 0.3 is 18.0 Å². The first-order valence-corrected chi connectivity index (χ1v) is 13.9. The minimum Gasteiger partial charge on any atom is -0.497 e. The molecular weight excluding hydrogens is 524 g/mol. The summed E-state index contributed by atoms with van der Waals surface area (Å²) in [5.74, 6) is -0.885. The van der Waals surface area contributed by atoms with Gasteiger partial charge in [-0.25, -0.2) is 14.4 Å².